The van der Waals surface area contributed by atoms with Gasteiger partial charge in [0.25, 0.3) is 0 Å². The standard InChI is InChI=1S/C16H21N3O2/c1-10(12-5-8-17-9-6-12)19-11(2)14(16(20)21)13-4-3-7-18-15(13)19/h3-4,7,10,12,17H,5-6,8-9H2,1-2H3,(H,20,21). The van der Waals surface area contributed by atoms with Crippen molar-refractivity contribution in [1.82, 2.24) is 14.9 Å². The molecule has 0 aromatic carbocycles. The van der Waals surface area contributed by atoms with Crippen LogP contribution in [0.15, 0.2) is 18.3 Å². The highest BCUT2D eigenvalue weighted by Crippen LogP contribution is 2.33. The van der Waals surface area contributed by atoms with Crippen molar-refractivity contribution in [1.29, 1.82) is 0 Å². The zero-order valence-corrected chi connectivity index (χ0v) is 12.5. The van der Waals surface area contributed by atoms with E-state index in [0.29, 0.717) is 11.5 Å². The summed E-state index contributed by atoms with van der Waals surface area (Å²) in [6.07, 6.45) is 3.98. The van der Waals surface area contributed by atoms with Gasteiger partial charge < -0.3 is 15.0 Å². The molecule has 0 bridgehead atoms. The van der Waals surface area contributed by atoms with Gasteiger partial charge in [0.1, 0.15) is 5.65 Å². The molecular weight excluding hydrogens is 266 g/mol. The monoisotopic (exact) mass is 287 g/mol. The zero-order chi connectivity index (χ0) is 15.0. The number of rotatable bonds is 3. The first-order valence-corrected chi connectivity index (χ1v) is 7.50. The van der Waals surface area contributed by atoms with E-state index in [0.717, 1.165) is 42.7 Å². The van der Waals surface area contributed by atoms with E-state index in [1.165, 1.54) is 0 Å². The minimum Gasteiger partial charge on any atom is -0.478 e. The molecule has 5 nitrogen and oxygen atoms in total. The SMILES string of the molecule is Cc1c(C(=O)O)c2cccnc2n1C(C)C1CCNCC1. The molecule has 1 atom stereocenters. The van der Waals surface area contributed by atoms with Crippen molar-refractivity contribution >= 4 is 17.0 Å². The minimum atomic E-state index is -0.873. The summed E-state index contributed by atoms with van der Waals surface area (Å²) in [5.41, 5.74) is 1.99. The van der Waals surface area contributed by atoms with Gasteiger partial charge in [0.05, 0.1) is 5.56 Å². The molecule has 1 unspecified atom stereocenters. The third-order valence-corrected chi connectivity index (χ3v) is 4.69. The quantitative estimate of drug-likeness (QED) is 0.910. The topological polar surface area (TPSA) is 67.1 Å². The molecule has 0 radical (unpaired) electrons. The van der Waals surface area contributed by atoms with Gasteiger partial charge in [-0.25, -0.2) is 9.78 Å². The first-order chi connectivity index (χ1) is 10.1. The van der Waals surface area contributed by atoms with Gasteiger partial charge in [0.2, 0.25) is 0 Å². The van der Waals surface area contributed by atoms with Crippen LogP contribution in [0.4, 0.5) is 0 Å². The zero-order valence-electron chi connectivity index (χ0n) is 12.5. The molecule has 1 aliphatic heterocycles. The largest absolute Gasteiger partial charge is 0.478 e. The summed E-state index contributed by atoms with van der Waals surface area (Å²) in [6, 6.07) is 3.91. The summed E-state index contributed by atoms with van der Waals surface area (Å²) in [4.78, 5) is 16.0. The van der Waals surface area contributed by atoms with E-state index in [4.69, 9.17) is 0 Å². The summed E-state index contributed by atoms with van der Waals surface area (Å²) in [5.74, 6) is -0.314. The lowest BCUT2D eigenvalue weighted by atomic mass is 9.91. The van der Waals surface area contributed by atoms with Gasteiger partial charge in [-0.15, -0.1) is 0 Å². The highest BCUT2D eigenvalue weighted by atomic mass is 16.4. The van der Waals surface area contributed by atoms with Crippen molar-refractivity contribution < 1.29 is 9.90 Å². The predicted octanol–water partition coefficient (Wildman–Crippen LogP) is 2.60. The number of nitrogens with one attached hydrogen (secondary N) is 1. The maximum Gasteiger partial charge on any atom is 0.338 e. The van der Waals surface area contributed by atoms with E-state index in [1.54, 1.807) is 12.3 Å². The van der Waals surface area contributed by atoms with E-state index in [2.05, 4.69) is 21.8 Å². The molecule has 21 heavy (non-hydrogen) atoms. The number of hydrogen-bond donors (Lipinski definition) is 2. The Morgan fingerprint density at radius 3 is 2.86 bits per heavy atom. The average Bonchev–Trinajstić information content (AvgIpc) is 2.79. The van der Waals surface area contributed by atoms with E-state index in [9.17, 15) is 9.90 Å². The van der Waals surface area contributed by atoms with Crippen molar-refractivity contribution in [2.24, 2.45) is 5.92 Å². The second-order valence-electron chi connectivity index (χ2n) is 5.84. The van der Waals surface area contributed by atoms with Crippen molar-refractivity contribution in [3.8, 4) is 0 Å². The Labute approximate surface area is 124 Å². The summed E-state index contributed by atoms with van der Waals surface area (Å²) >= 11 is 0. The van der Waals surface area contributed by atoms with E-state index in [1.807, 2.05) is 13.0 Å². The number of aromatic carboxylic acids is 1. The second kappa shape index (κ2) is 5.48. The number of aromatic nitrogens is 2. The lowest BCUT2D eigenvalue weighted by molar-refractivity contribution is 0.0697. The highest BCUT2D eigenvalue weighted by Gasteiger charge is 2.27. The van der Waals surface area contributed by atoms with Crippen LogP contribution in [0.2, 0.25) is 0 Å². The van der Waals surface area contributed by atoms with Crippen molar-refractivity contribution in [3.05, 3.63) is 29.6 Å². The molecule has 1 fully saturated rings. The van der Waals surface area contributed by atoms with Crippen LogP contribution >= 0.6 is 0 Å². The van der Waals surface area contributed by atoms with Gasteiger partial charge in [-0.3, -0.25) is 0 Å². The number of piperidine rings is 1. The molecular formula is C16H21N3O2. The highest BCUT2D eigenvalue weighted by molar-refractivity contribution is 6.04. The van der Waals surface area contributed by atoms with Gasteiger partial charge >= 0.3 is 5.97 Å². The number of hydrogen-bond acceptors (Lipinski definition) is 3. The molecule has 3 heterocycles. The van der Waals surface area contributed by atoms with Gasteiger partial charge in [-0.05, 0) is 57.8 Å². The van der Waals surface area contributed by atoms with E-state index >= 15 is 0 Å². The predicted molar refractivity (Wildman–Crippen MR) is 81.7 cm³/mol. The van der Waals surface area contributed by atoms with Crippen LogP contribution in [0.25, 0.3) is 11.0 Å². The Morgan fingerprint density at radius 2 is 2.19 bits per heavy atom. The third-order valence-electron chi connectivity index (χ3n) is 4.69. The van der Waals surface area contributed by atoms with E-state index in [-0.39, 0.29) is 6.04 Å². The van der Waals surface area contributed by atoms with Gasteiger partial charge in [0.15, 0.2) is 0 Å². The molecule has 0 saturated carbocycles. The van der Waals surface area contributed by atoms with E-state index < -0.39 is 5.97 Å². The molecule has 0 aliphatic carbocycles. The number of carboxylic acids is 1. The Balaban J connectivity index is 2.13. The number of carbonyl (C=O) groups is 1. The van der Waals surface area contributed by atoms with Crippen molar-refractivity contribution in [2.75, 3.05) is 13.1 Å². The molecule has 5 heteroatoms. The molecule has 1 aliphatic rings. The van der Waals surface area contributed by atoms with Crippen molar-refractivity contribution in [2.45, 2.75) is 32.7 Å². The van der Waals surface area contributed by atoms with Gasteiger partial charge in [0, 0.05) is 23.3 Å². The number of carboxylic acid groups (broad SMARTS) is 1. The molecule has 2 aromatic rings. The summed E-state index contributed by atoms with van der Waals surface area (Å²) in [6.45, 7) is 6.14. The fraction of sp³-hybridized carbons (Fsp3) is 0.500. The lowest BCUT2D eigenvalue weighted by Crippen LogP contribution is -2.32. The van der Waals surface area contributed by atoms with Crippen molar-refractivity contribution in [3.63, 3.8) is 0 Å². The Hall–Kier alpha value is -1.88. The second-order valence-corrected chi connectivity index (χ2v) is 5.84. The van der Waals surface area contributed by atoms with Gasteiger partial charge in [-0.2, -0.15) is 0 Å². The Morgan fingerprint density at radius 1 is 1.48 bits per heavy atom. The van der Waals surface area contributed by atoms with Crippen LogP contribution in [0, 0.1) is 12.8 Å². The number of nitrogens with zero attached hydrogens (tertiary/aromatic N) is 2. The minimum absolute atomic E-state index is 0.262. The molecule has 0 amide bonds. The first kappa shape index (κ1) is 14.1. The maximum absolute atomic E-state index is 11.6. The lowest BCUT2D eigenvalue weighted by Gasteiger charge is -2.30. The van der Waals surface area contributed by atoms with Crippen LogP contribution in [-0.2, 0) is 0 Å². The normalized spacial score (nSPS) is 18.0. The number of pyridine rings is 1. The fourth-order valence-corrected chi connectivity index (χ4v) is 3.56. The molecule has 112 valence electrons. The number of fused-ring (bicyclic) bond motifs is 1. The molecule has 2 aromatic heterocycles. The van der Waals surface area contributed by atoms with Crippen LogP contribution in [0.5, 0.6) is 0 Å². The molecule has 0 spiro atoms. The Kier molecular flexibility index (Phi) is 3.68. The van der Waals surface area contributed by atoms with Crippen LogP contribution in [0.1, 0.15) is 41.9 Å². The first-order valence-electron chi connectivity index (χ1n) is 7.50. The smallest absolute Gasteiger partial charge is 0.338 e. The maximum atomic E-state index is 11.6. The summed E-state index contributed by atoms with van der Waals surface area (Å²) in [7, 11) is 0. The average molecular weight is 287 g/mol. The van der Waals surface area contributed by atoms with Crippen LogP contribution < -0.4 is 5.32 Å². The fourth-order valence-electron chi connectivity index (χ4n) is 3.56. The molecule has 3 rings (SSSR count). The molecule has 2 N–H and O–H groups in total. The van der Waals surface area contributed by atoms with Gasteiger partial charge in [-0.1, -0.05) is 0 Å². The van der Waals surface area contributed by atoms with Crippen LogP contribution in [-0.4, -0.2) is 33.7 Å². The molecule has 1 saturated heterocycles. The summed E-state index contributed by atoms with van der Waals surface area (Å²) < 4.78 is 2.12. The third kappa shape index (κ3) is 2.31. The Bertz CT molecular complexity index is 671. The van der Waals surface area contributed by atoms with Crippen LogP contribution in [0.3, 0.4) is 0 Å². The summed E-state index contributed by atoms with van der Waals surface area (Å²) in [5, 5.41) is 13.6.